The monoisotopic (exact) mass is 266 g/mol. The number of carbonyl (C=O) groups is 1. The van der Waals surface area contributed by atoms with Gasteiger partial charge in [0.1, 0.15) is 0 Å². The lowest BCUT2D eigenvalue weighted by atomic mass is 10.2. The van der Waals surface area contributed by atoms with Crippen LogP contribution in [0.1, 0.15) is 30.2 Å². The van der Waals surface area contributed by atoms with Crippen LogP contribution >= 0.6 is 11.6 Å². The van der Waals surface area contributed by atoms with Gasteiger partial charge < -0.3 is 0 Å². The van der Waals surface area contributed by atoms with E-state index in [1.54, 1.807) is 24.3 Å². The van der Waals surface area contributed by atoms with Crippen molar-refractivity contribution < 1.29 is 14.0 Å². The Kier molecular flexibility index (Phi) is 3.62. The molecule has 2 rings (SSSR count). The number of rotatable bonds is 3. The second-order valence-corrected chi connectivity index (χ2v) is 4.41. The zero-order valence-corrected chi connectivity index (χ0v) is 10.8. The molecule has 1 N–H and O–H groups in total. The fourth-order valence-corrected chi connectivity index (χ4v) is 1.73. The van der Waals surface area contributed by atoms with Crippen LogP contribution in [0, 0.1) is 0 Å². The van der Waals surface area contributed by atoms with Gasteiger partial charge in [-0.2, -0.15) is 0 Å². The quantitative estimate of drug-likeness (QED) is 0.868. The first-order valence-electron chi connectivity index (χ1n) is 5.53. The average molecular weight is 267 g/mol. The lowest BCUT2D eigenvalue weighted by molar-refractivity contribution is -0.777. The molecule has 0 bridgehead atoms. The molecule has 0 saturated heterocycles. The van der Waals surface area contributed by atoms with E-state index < -0.39 is 0 Å². The largest absolute Gasteiger partial charge is 0.367 e. The van der Waals surface area contributed by atoms with Gasteiger partial charge in [0.25, 0.3) is 5.91 Å². The Balaban J connectivity index is 2.18. The highest BCUT2D eigenvalue weighted by atomic mass is 35.5. The van der Waals surface area contributed by atoms with Gasteiger partial charge in [-0.3, -0.25) is 14.6 Å². The van der Waals surface area contributed by atoms with Gasteiger partial charge in [-0.25, -0.2) is 0 Å². The number of benzene rings is 1. The van der Waals surface area contributed by atoms with Gasteiger partial charge in [0.05, 0.1) is 0 Å². The zero-order valence-electron chi connectivity index (χ0n) is 10.1. The van der Waals surface area contributed by atoms with E-state index in [0.29, 0.717) is 5.56 Å². The van der Waals surface area contributed by atoms with E-state index in [1.807, 2.05) is 19.9 Å². The molecule has 0 aliphatic heterocycles. The third-order valence-corrected chi connectivity index (χ3v) is 2.71. The van der Waals surface area contributed by atoms with E-state index in [0.717, 1.165) is 0 Å². The fraction of sp³-hybridized carbons (Fsp3) is 0.250. The number of anilines is 1. The second-order valence-electron chi connectivity index (χ2n) is 4.05. The molecule has 0 aliphatic carbocycles. The molecular weight excluding hydrogens is 254 g/mol. The highest BCUT2D eigenvalue weighted by Crippen LogP contribution is 2.18. The SMILES string of the molecule is CC(C)[n+]1noc(NC(=O)c2ccccc2)c1Cl. The molecule has 0 atom stereocenters. The first-order chi connectivity index (χ1) is 8.59. The van der Waals surface area contributed by atoms with Gasteiger partial charge >= 0.3 is 11.0 Å². The Morgan fingerprint density at radius 2 is 2.06 bits per heavy atom. The Morgan fingerprint density at radius 1 is 1.39 bits per heavy atom. The first kappa shape index (κ1) is 12.6. The maximum atomic E-state index is 11.9. The molecule has 6 heteroatoms. The maximum absolute atomic E-state index is 11.9. The number of halogens is 1. The Morgan fingerprint density at radius 3 is 2.61 bits per heavy atom. The highest BCUT2D eigenvalue weighted by molar-refractivity contribution is 6.31. The summed E-state index contributed by atoms with van der Waals surface area (Å²) < 4.78 is 6.49. The smallest absolute Gasteiger partial charge is 0.283 e. The van der Waals surface area contributed by atoms with Crippen molar-refractivity contribution in [1.29, 1.82) is 0 Å². The molecule has 0 spiro atoms. The third-order valence-electron chi connectivity index (χ3n) is 2.36. The van der Waals surface area contributed by atoms with Gasteiger partial charge in [-0.15, -0.1) is 0 Å². The second kappa shape index (κ2) is 5.18. The summed E-state index contributed by atoms with van der Waals surface area (Å²) in [6.45, 7) is 3.83. The van der Waals surface area contributed by atoms with Gasteiger partial charge in [0.2, 0.25) is 5.27 Å². The molecule has 0 radical (unpaired) electrons. The summed E-state index contributed by atoms with van der Waals surface area (Å²) >= 11 is 6.04. The highest BCUT2D eigenvalue weighted by Gasteiger charge is 2.26. The van der Waals surface area contributed by atoms with Crippen molar-refractivity contribution in [3.8, 4) is 0 Å². The summed E-state index contributed by atoms with van der Waals surface area (Å²) in [6.07, 6.45) is 0. The fourth-order valence-electron chi connectivity index (χ4n) is 1.42. The average Bonchev–Trinajstić information content (AvgIpc) is 2.72. The molecule has 5 nitrogen and oxygen atoms in total. The molecular formula is C12H13ClN3O2+. The number of carbonyl (C=O) groups excluding carboxylic acids is 1. The number of aromatic nitrogens is 2. The summed E-state index contributed by atoms with van der Waals surface area (Å²) in [5.41, 5.74) is 0.529. The van der Waals surface area contributed by atoms with Crippen LogP contribution in [0.5, 0.6) is 0 Å². The van der Waals surface area contributed by atoms with Crippen LogP contribution in [0.3, 0.4) is 0 Å². The number of hydrogen-bond donors (Lipinski definition) is 1. The van der Waals surface area contributed by atoms with Crippen LogP contribution < -0.4 is 10.00 Å². The molecule has 1 aromatic carbocycles. The van der Waals surface area contributed by atoms with Crippen molar-refractivity contribution in [1.82, 2.24) is 5.27 Å². The van der Waals surface area contributed by atoms with E-state index >= 15 is 0 Å². The Labute approximate surface area is 109 Å². The van der Waals surface area contributed by atoms with Crippen LogP contribution in [0.25, 0.3) is 0 Å². The number of hydrogen-bond acceptors (Lipinski definition) is 3. The Bertz CT molecular complexity index is 552. The van der Waals surface area contributed by atoms with Gasteiger partial charge in [0.15, 0.2) is 6.04 Å². The Hall–Kier alpha value is -1.88. The number of nitrogens with one attached hydrogen (secondary N) is 1. The van der Waals surface area contributed by atoms with Crippen LogP contribution in [-0.4, -0.2) is 11.2 Å². The maximum Gasteiger partial charge on any atom is 0.367 e. The molecule has 94 valence electrons. The van der Waals surface area contributed by atoms with E-state index in [-0.39, 0.29) is 23.0 Å². The summed E-state index contributed by atoms with van der Waals surface area (Å²) in [4.78, 5) is 11.9. The predicted molar refractivity (Wildman–Crippen MR) is 66.5 cm³/mol. The number of nitrogens with zero attached hydrogens (tertiary/aromatic N) is 2. The molecule has 2 aromatic rings. The molecule has 0 aliphatic rings. The molecule has 0 fully saturated rings. The lowest BCUT2D eigenvalue weighted by Crippen LogP contribution is -2.38. The summed E-state index contributed by atoms with van der Waals surface area (Å²) in [6, 6.07) is 8.87. The van der Waals surface area contributed by atoms with Crippen molar-refractivity contribution in [3.05, 3.63) is 41.0 Å². The van der Waals surface area contributed by atoms with Crippen LogP contribution in [0.4, 0.5) is 5.88 Å². The van der Waals surface area contributed by atoms with E-state index in [2.05, 4.69) is 10.6 Å². The van der Waals surface area contributed by atoms with Crippen LogP contribution in [0.2, 0.25) is 5.15 Å². The zero-order chi connectivity index (χ0) is 13.1. The molecule has 1 aromatic heterocycles. The third kappa shape index (κ3) is 2.51. The summed E-state index contributed by atoms with van der Waals surface area (Å²) in [5.74, 6) is -0.135. The minimum Gasteiger partial charge on any atom is -0.283 e. The van der Waals surface area contributed by atoms with Crippen molar-refractivity contribution in [2.24, 2.45) is 0 Å². The van der Waals surface area contributed by atoms with Crippen molar-refractivity contribution in [3.63, 3.8) is 0 Å². The van der Waals surface area contributed by atoms with Crippen molar-refractivity contribution in [2.75, 3.05) is 5.32 Å². The van der Waals surface area contributed by atoms with Gasteiger partial charge in [-0.05, 0) is 28.4 Å². The normalized spacial score (nSPS) is 10.7. The summed E-state index contributed by atoms with van der Waals surface area (Å²) in [7, 11) is 0. The topological polar surface area (TPSA) is 59.0 Å². The van der Waals surface area contributed by atoms with Crippen LogP contribution in [-0.2, 0) is 0 Å². The predicted octanol–water partition coefficient (Wildman–Crippen LogP) is 2.45. The van der Waals surface area contributed by atoms with E-state index in [1.165, 1.54) is 4.68 Å². The number of amides is 1. The van der Waals surface area contributed by atoms with Gasteiger partial charge in [-0.1, -0.05) is 18.2 Å². The standard InChI is InChI=1S/C12H12ClN3O2/c1-8(2)16-10(13)12(18-15-16)14-11(17)9-6-4-3-5-7-9/h3-8H,1-2H3/p+1. The van der Waals surface area contributed by atoms with Crippen LogP contribution in [0.15, 0.2) is 34.9 Å². The molecule has 1 amide bonds. The molecule has 0 unspecified atom stereocenters. The molecule has 18 heavy (non-hydrogen) atoms. The first-order valence-corrected chi connectivity index (χ1v) is 5.90. The molecule has 0 saturated carbocycles. The van der Waals surface area contributed by atoms with Crippen molar-refractivity contribution in [2.45, 2.75) is 19.9 Å². The molecule has 1 heterocycles. The van der Waals surface area contributed by atoms with E-state index in [4.69, 9.17) is 16.1 Å². The minimum atomic E-state index is -0.287. The summed E-state index contributed by atoms with van der Waals surface area (Å²) in [5, 5.41) is 6.61. The van der Waals surface area contributed by atoms with Crippen molar-refractivity contribution >= 4 is 23.4 Å². The van der Waals surface area contributed by atoms with Gasteiger partial charge in [0, 0.05) is 19.4 Å². The van der Waals surface area contributed by atoms with E-state index in [9.17, 15) is 4.79 Å². The minimum absolute atomic E-state index is 0.0589. The lowest BCUT2D eigenvalue weighted by Gasteiger charge is -1.99.